The maximum Gasteiger partial charge on any atom is 0.0591 e. The summed E-state index contributed by atoms with van der Waals surface area (Å²) < 4.78 is 5.01. The molecule has 1 rings (SSSR count). The number of hydrogen-bond acceptors (Lipinski definition) is 2. The number of rotatable bonds is 0. The molecule has 0 spiro atoms. The van der Waals surface area contributed by atoms with Crippen molar-refractivity contribution in [3.05, 3.63) is 0 Å². The largest absolute Gasteiger partial charge is 0.412 e. The van der Waals surface area contributed by atoms with Crippen LogP contribution in [0.1, 0.15) is 0 Å². The third-order valence-electron chi connectivity index (χ3n) is 0.846. The molecule has 46 valence electrons. The lowest BCUT2D eigenvalue weighted by Crippen LogP contribution is -2.30. The highest BCUT2D eigenvalue weighted by Crippen LogP contribution is 1.76. The Morgan fingerprint density at radius 3 is 1.75 bits per heavy atom. The Labute approximate surface area is 65.2 Å². The van der Waals surface area contributed by atoms with E-state index in [0.717, 1.165) is 26.3 Å². The molecule has 0 aliphatic carbocycles. The molecule has 0 aromatic heterocycles. The first-order valence-corrected chi connectivity index (χ1v) is 2.28. The van der Waals surface area contributed by atoms with Gasteiger partial charge in [-0.25, -0.2) is 0 Å². The monoisotopic (exact) mass is 129 g/mol. The van der Waals surface area contributed by atoms with Gasteiger partial charge in [0.25, 0.3) is 0 Å². The Bertz CT molecular complexity index is 29.5. The summed E-state index contributed by atoms with van der Waals surface area (Å²) in [5, 5.41) is 3.16. The van der Waals surface area contributed by atoms with E-state index in [0.29, 0.717) is 0 Å². The van der Waals surface area contributed by atoms with E-state index >= 15 is 0 Å². The summed E-state index contributed by atoms with van der Waals surface area (Å²) in [6.45, 7) is 3.83. The fourth-order valence-corrected chi connectivity index (χ4v) is 0.516. The molecule has 8 heavy (non-hydrogen) atoms. The highest BCUT2D eigenvalue weighted by atomic mass is 24.3. The van der Waals surface area contributed by atoms with Crippen molar-refractivity contribution in [1.29, 1.82) is 0 Å². The summed E-state index contributed by atoms with van der Waals surface area (Å²) in [6.07, 6.45) is 0. The summed E-state index contributed by atoms with van der Waals surface area (Å²) in [5.41, 5.74) is 0. The fraction of sp³-hybridized carbons (Fsp3) is 1.00. The molecule has 3 nitrogen and oxygen atoms in total. The normalized spacial score (nSPS) is 18.0. The first-order chi connectivity index (χ1) is 3.00. The summed E-state index contributed by atoms with van der Waals surface area (Å²) in [5.74, 6) is 0. The van der Waals surface area contributed by atoms with E-state index in [4.69, 9.17) is 4.74 Å². The Morgan fingerprint density at radius 1 is 1.12 bits per heavy atom. The predicted octanol–water partition coefficient (Wildman–Crippen LogP) is -1.60. The van der Waals surface area contributed by atoms with Crippen LogP contribution < -0.4 is 5.32 Å². The van der Waals surface area contributed by atoms with E-state index in [-0.39, 0.29) is 28.5 Å². The molecule has 1 aliphatic heterocycles. The minimum atomic E-state index is 0. The highest BCUT2D eigenvalue weighted by molar-refractivity contribution is 5.75. The molecule has 1 aliphatic rings. The van der Waals surface area contributed by atoms with Gasteiger partial charge in [0, 0.05) is 36.1 Å². The van der Waals surface area contributed by atoms with Crippen LogP contribution in [0.25, 0.3) is 0 Å². The van der Waals surface area contributed by atoms with Crippen LogP contribution in [0.4, 0.5) is 0 Å². The molecule has 0 amide bonds. The number of nitrogens with one attached hydrogen (secondary N) is 1. The zero-order valence-corrected chi connectivity index (χ0v) is 6.36. The highest BCUT2D eigenvalue weighted by Gasteiger charge is 1.92. The Hall–Kier alpha value is 0.646. The van der Waals surface area contributed by atoms with Crippen LogP contribution in [0, 0.1) is 0 Å². The standard InChI is InChI=1S/C4H9NO.Mg.H2O/c1-3-6-4-2-5-1;;/h5H,1-4H2;;1H2. The Kier molecular flexibility index (Phi) is 10.9. The van der Waals surface area contributed by atoms with Crippen molar-refractivity contribution in [3.63, 3.8) is 0 Å². The van der Waals surface area contributed by atoms with Gasteiger partial charge in [0.15, 0.2) is 0 Å². The summed E-state index contributed by atoms with van der Waals surface area (Å²) in [4.78, 5) is 0. The van der Waals surface area contributed by atoms with Crippen molar-refractivity contribution in [3.8, 4) is 0 Å². The molecule has 0 unspecified atom stereocenters. The average Bonchev–Trinajstić information content (AvgIpc) is 1.72. The van der Waals surface area contributed by atoms with Crippen molar-refractivity contribution >= 4 is 23.1 Å². The van der Waals surface area contributed by atoms with Gasteiger partial charge in [0.1, 0.15) is 0 Å². The molecule has 1 heterocycles. The molecule has 2 radical (unpaired) electrons. The molecular weight excluding hydrogens is 118 g/mol. The van der Waals surface area contributed by atoms with E-state index in [1.54, 1.807) is 0 Å². The van der Waals surface area contributed by atoms with Crippen molar-refractivity contribution in [2.45, 2.75) is 0 Å². The van der Waals surface area contributed by atoms with Crippen molar-refractivity contribution in [1.82, 2.24) is 5.32 Å². The van der Waals surface area contributed by atoms with Crippen LogP contribution >= 0.6 is 0 Å². The van der Waals surface area contributed by atoms with Gasteiger partial charge in [-0.15, -0.1) is 0 Å². The second kappa shape index (κ2) is 7.65. The van der Waals surface area contributed by atoms with E-state index in [1.807, 2.05) is 0 Å². The molecule has 1 saturated heterocycles. The first-order valence-electron chi connectivity index (χ1n) is 2.28. The van der Waals surface area contributed by atoms with Crippen molar-refractivity contribution in [2.24, 2.45) is 0 Å². The zero-order valence-electron chi connectivity index (χ0n) is 4.94. The fourth-order valence-electron chi connectivity index (χ4n) is 0.516. The van der Waals surface area contributed by atoms with Crippen LogP contribution in [0.15, 0.2) is 0 Å². The van der Waals surface area contributed by atoms with Gasteiger partial charge in [-0.05, 0) is 0 Å². The lowest BCUT2D eigenvalue weighted by atomic mass is 10.5. The SMILES string of the molecule is C1COCCN1.O.[Mg]. The molecule has 0 atom stereocenters. The van der Waals surface area contributed by atoms with Crippen LogP contribution in [0.3, 0.4) is 0 Å². The van der Waals surface area contributed by atoms with Gasteiger partial charge in [-0.3, -0.25) is 0 Å². The van der Waals surface area contributed by atoms with Crippen LogP contribution in [0.5, 0.6) is 0 Å². The maximum absolute atomic E-state index is 5.01. The minimum absolute atomic E-state index is 0. The van der Waals surface area contributed by atoms with E-state index in [9.17, 15) is 0 Å². The number of hydrogen-bond donors (Lipinski definition) is 1. The summed E-state index contributed by atoms with van der Waals surface area (Å²) in [7, 11) is 0. The van der Waals surface area contributed by atoms with Crippen LogP contribution in [-0.4, -0.2) is 54.8 Å². The van der Waals surface area contributed by atoms with Gasteiger partial charge < -0.3 is 15.5 Å². The van der Waals surface area contributed by atoms with Gasteiger partial charge in [0.2, 0.25) is 0 Å². The lowest BCUT2D eigenvalue weighted by molar-refractivity contribution is 0.109. The molecule has 0 saturated carbocycles. The maximum atomic E-state index is 5.01. The molecule has 1 fully saturated rings. The molecule has 0 aromatic rings. The predicted molar refractivity (Wildman–Crippen MR) is 33.1 cm³/mol. The van der Waals surface area contributed by atoms with Gasteiger partial charge >= 0.3 is 0 Å². The van der Waals surface area contributed by atoms with Gasteiger partial charge in [-0.1, -0.05) is 0 Å². The van der Waals surface area contributed by atoms with Gasteiger partial charge in [0.05, 0.1) is 13.2 Å². The quantitative estimate of drug-likeness (QED) is 0.401. The van der Waals surface area contributed by atoms with Gasteiger partial charge in [-0.2, -0.15) is 0 Å². The summed E-state index contributed by atoms with van der Waals surface area (Å²) in [6, 6.07) is 0. The first kappa shape index (κ1) is 11.4. The molecule has 0 bridgehead atoms. The molecule has 4 heteroatoms. The molecule has 3 N–H and O–H groups in total. The van der Waals surface area contributed by atoms with Crippen molar-refractivity contribution in [2.75, 3.05) is 26.3 Å². The second-order valence-electron chi connectivity index (χ2n) is 1.36. The smallest absolute Gasteiger partial charge is 0.0591 e. The van der Waals surface area contributed by atoms with E-state index in [2.05, 4.69) is 5.32 Å². The third-order valence-corrected chi connectivity index (χ3v) is 0.846. The van der Waals surface area contributed by atoms with Crippen LogP contribution in [-0.2, 0) is 4.74 Å². The minimum Gasteiger partial charge on any atom is -0.412 e. The van der Waals surface area contributed by atoms with Crippen LogP contribution in [0.2, 0.25) is 0 Å². The summed E-state index contributed by atoms with van der Waals surface area (Å²) >= 11 is 0. The Morgan fingerprint density at radius 2 is 1.62 bits per heavy atom. The lowest BCUT2D eigenvalue weighted by Gasteiger charge is -2.10. The topological polar surface area (TPSA) is 52.8 Å². The van der Waals surface area contributed by atoms with E-state index in [1.165, 1.54) is 0 Å². The Balaban J connectivity index is 0. The van der Waals surface area contributed by atoms with Crippen molar-refractivity contribution < 1.29 is 10.2 Å². The molecule has 0 aromatic carbocycles. The number of morpholine rings is 1. The number of ether oxygens (including phenoxy) is 1. The van der Waals surface area contributed by atoms with E-state index < -0.39 is 0 Å². The average molecular weight is 129 g/mol. The third kappa shape index (κ3) is 4.80. The molecular formula is C4H11MgNO2. The zero-order chi connectivity index (χ0) is 4.24. The second-order valence-corrected chi connectivity index (χ2v) is 1.36.